The Kier molecular flexibility index (Phi) is 5.53. The molecule has 2 aliphatic rings. The summed E-state index contributed by atoms with van der Waals surface area (Å²) in [6.07, 6.45) is 1.51. The predicted octanol–water partition coefficient (Wildman–Crippen LogP) is 2.85. The first kappa shape index (κ1) is 20.3. The summed E-state index contributed by atoms with van der Waals surface area (Å²) >= 11 is 0. The maximum absolute atomic E-state index is 13.1. The van der Waals surface area contributed by atoms with Crippen molar-refractivity contribution in [1.29, 1.82) is 0 Å². The lowest BCUT2D eigenvalue weighted by atomic mass is 10.0. The molecule has 8 heteroatoms. The average molecular weight is 422 g/mol. The van der Waals surface area contributed by atoms with E-state index in [1.807, 2.05) is 0 Å². The number of hydrogen-bond donors (Lipinski definition) is 1. The number of nitrogens with one attached hydrogen (secondary N) is 1. The molecule has 0 radical (unpaired) electrons. The Morgan fingerprint density at radius 3 is 2.45 bits per heavy atom. The molecular formula is C23H22N2O6. The molecule has 8 nitrogen and oxygen atoms in total. The van der Waals surface area contributed by atoms with Crippen LogP contribution in [0.15, 0.2) is 54.8 Å². The summed E-state index contributed by atoms with van der Waals surface area (Å²) < 4.78 is 21.8. The molecule has 0 spiro atoms. The molecule has 0 unspecified atom stereocenters. The van der Waals surface area contributed by atoms with Gasteiger partial charge in [-0.3, -0.25) is 14.5 Å². The van der Waals surface area contributed by atoms with E-state index in [2.05, 4.69) is 11.9 Å². The molecule has 2 aromatic carbocycles. The van der Waals surface area contributed by atoms with Crippen LogP contribution in [0.1, 0.15) is 5.56 Å². The van der Waals surface area contributed by atoms with E-state index in [0.29, 0.717) is 47.5 Å². The van der Waals surface area contributed by atoms with Crippen molar-refractivity contribution in [2.45, 2.75) is 0 Å². The Morgan fingerprint density at radius 2 is 1.74 bits per heavy atom. The molecule has 31 heavy (non-hydrogen) atoms. The zero-order chi connectivity index (χ0) is 22.0. The Balaban J connectivity index is 1.78. The number of benzene rings is 2. The molecule has 160 valence electrons. The summed E-state index contributed by atoms with van der Waals surface area (Å²) in [4.78, 5) is 27.4. The standard InChI is InChI=1S/C23H22N2O6/c1-4-9-25-22(26)20(14-5-7-16(28-2)18(12-14)29-3)21(23(25)27)24-15-6-8-17-19(13-15)31-11-10-30-17/h4-8,12-13,24H,1,9-11H2,2-3H3. The van der Waals surface area contributed by atoms with Crippen molar-refractivity contribution in [2.75, 3.05) is 39.3 Å². The number of imide groups is 1. The normalized spacial score (nSPS) is 15.2. The Bertz CT molecular complexity index is 1090. The highest BCUT2D eigenvalue weighted by molar-refractivity contribution is 6.36. The first-order valence-corrected chi connectivity index (χ1v) is 9.67. The highest BCUT2D eigenvalue weighted by Gasteiger charge is 2.39. The maximum Gasteiger partial charge on any atom is 0.278 e. The van der Waals surface area contributed by atoms with Gasteiger partial charge in [-0.05, 0) is 29.8 Å². The van der Waals surface area contributed by atoms with E-state index in [4.69, 9.17) is 18.9 Å². The van der Waals surface area contributed by atoms with Gasteiger partial charge in [0.05, 0.1) is 19.8 Å². The summed E-state index contributed by atoms with van der Waals surface area (Å²) in [7, 11) is 3.04. The fourth-order valence-electron chi connectivity index (χ4n) is 3.51. The second kappa shape index (κ2) is 8.43. The topological polar surface area (TPSA) is 86.3 Å². The van der Waals surface area contributed by atoms with Gasteiger partial charge in [0, 0.05) is 18.3 Å². The van der Waals surface area contributed by atoms with Crippen molar-refractivity contribution >= 4 is 23.1 Å². The van der Waals surface area contributed by atoms with Crippen molar-refractivity contribution in [1.82, 2.24) is 4.90 Å². The summed E-state index contributed by atoms with van der Waals surface area (Å²) in [5.74, 6) is 1.32. The van der Waals surface area contributed by atoms with E-state index in [1.165, 1.54) is 20.3 Å². The molecule has 2 aliphatic heterocycles. The molecule has 0 aliphatic carbocycles. The van der Waals surface area contributed by atoms with E-state index in [1.54, 1.807) is 36.4 Å². The SMILES string of the molecule is C=CCN1C(=O)C(Nc2ccc3c(c2)OCCO3)=C(c2ccc(OC)c(OC)c2)C1=O. The van der Waals surface area contributed by atoms with Crippen molar-refractivity contribution in [2.24, 2.45) is 0 Å². The molecule has 2 amide bonds. The lowest BCUT2D eigenvalue weighted by molar-refractivity contribution is -0.136. The van der Waals surface area contributed by atoms with E-state index in [-0.39, 0.29) is 17.8 Å². The van der Waals surface area contributed by atoms with E-state index < -0.39 is 11.8 Å². The first-order valence-electron chi connectivity index (χ1n) is 9.67. The van der Waals surface area contributed by atoms with Crippen LogP contribution in [0.3, 0.4) is 0 Å². The van der Waals surface area contributed by atoms with Crippen LogP contribution in [0.2, 0.25) is 0 Å². The predicted molar refractivity (Wildman–Crippen MR) is 114 cm³/mol. The number of nitrogens with zero attached hydrogens (tertiary/aromatic N) is 1. The van der Waals surface area contributed by atoms with E-state index in [0.717, 1.165) is 4.90 Å². The van der Waals surface area contributed by atoms with Gasteiger partial charge in [0.15, 0.2) is 23.0 Å². The van der Waals surface area contributed by atoms with Crippen LogP contribution in [0.25, 0.3) is 5.57 Å². The van der Waals surface area contributed by atoms with Gasteiger partial charge < -0.3 is 24.3 Å². The highest BCUT2D eigenvalue weighted by atomic mass is 16.6. The largest absolute Gasteiger partial charge is 0.493 e. The van der Waals surface area contributed by atoms with Crippen LogP contribution in [-0.4, -0.2) is 50.7 Å². The van der Waals surface area contributed by atoms with Gasteiger partial charge in [-0.25, -0.2) is 0 Å². The van der Waals surface area contributed by atoms with Crippen LogP contribution < -0.4 is 24.3 Å². The fourth-order valence-corrected chi connectivity index (χ4v) is 3.51. The zero-order valence-electron chi connectivity index (χ0n) is 17.3. The van der Waals surface area contributed by atoms with Gasteiger partial charge in [0.25, 0.3) is 11.8 Å². The fraction of sp³-hybridized carbons (Fsp3) is 0.217. The van der Waals surface area contributed by atoms with Crippen LogP contribution in [0.5, 0.6) is 23.0 Å². The minimum Gasteiger partial charge on any atom is -0.493 e. The monoisotopic (exact) mass is 422 g/mol. The number of carbonyl (C=O) groups excluding carboxylic acids is 2. The number of anilines is 1. The zero-order valence-corrected chi connectivity index (χ0v) is 17.3. The van der Waals surface area contributed by atoms with Crippen molar-refractivity contribution in [3.05, 3.63) is 60.3 Å². The summed E-state index contributed by atoms with van der Waals surface area (Å²) in [6.45, 7) is 4.67. The van der Waals surface area contributed by atoms with Gasteiger partial charge in [-0.2, -0.15) is 0 Å². The quantitative estimate of drug-likeness (QED) is 0.542. The van der Waals surface area contributed by atoms with Crippen LogP contribution in [0.4, 0.5) is 5.69 Å². The number of carbonyl (C=O) groups is 2. The second-order valence-corrected chi connectivity index (χ2v) is 6.81. The highest BCUT2D eigenvalue weighted by Crippen LogP contribution is 2.37. The number of methoxy groups -OCH3 is 2. The third-order valence-corrected chi connectivity index (χ3v) is 4.96. The van der Waals surface area contributed by atoms with Crippen LogP contribution >= 0.6 is 0 Å². The molecule has 0 fully saturated rings. The van der Waals surface area contributed by atoms with Gasteiger partial charge in [0.2, 0.25) is 0 Å². The van der Waals surface area contributed by atoms with Crippen molar-refractivity contribution < 1.29 is 28.5 Å². The van der Waals surface area contributed by atoms with Gasteiger partial charge >= 0.3 is 0 Å². The minimum atomic E-state index is -0.440. The number of amides is 2. The molecule has 0 atom stereocenters. The first-order chi connectivity index (χ1) is 15.1. The second-order valence-electron chi connectivity index (χ2n) is 6.81. The molecule has 0 saturated carbocycles. The number of ether oxygens (including phenoxy) is 4. The Hall–Kier alpha value is -3.94. The lowest BCUT2D eigenvalue weighted by Gasteiger charge is -2.19. The van der Waals surface area contributed by atoms with Crippen LogP contribution in [-0.2, 0) is 9.59 Å². The molecule has 2 heterocycles. The summed E-state index contributed by atoms with van der Waals surface area (Å²) in [5, 5.41) is 3.10. The van der Waals surface area contributed by atoms with Gasteiger partial charge in [0.1, 0.15) is 18.9 Å². The molecular weight excluding hydrogens is 400 g/mol. The molecule has 2 aromatic rings. The van der Waals surface area contributed by atoms with Crippen molar-refractivity contribution in [3.8, 4) is 23.0 Å². The molecule has 0 bridgehead atoms. The molecule has 0 aromatic heterocycles. The van der Waals surface area contributed by atoms with Crippen molar-refractivity contribution in [3.63, 3.8) is 0 Å². The average Bonchev–Trinajstić information content (AvgIpc) is 3.03. The summed E-state index contributed by atoms with van der Waals surface area (Å²) in [5.41, 5.74) is 1.53. The third-order valence-electron chi connectivity index (χ3n) is 4.96. The lowest BCUT2D eigenvalue weighted by Crippen LogP contribution is -2.32. The Labute approximate surface area is 179 Å². The van der Waals surface area contributed by atoms with Crippen LogP contribution in [0, 0.1) is 0 Å². The number of fused-ring (bicyclic) bond motifs is 1. The van der Waals surface area contributed by atoms with E-state index >= 15 is 0 Å². The van der Waals surface area contributed by atoms with Gasteiger partial charge in [-0.1, -0.05) is 12.1 Å². The maximum atomic E-state index is 13.1. The minimum absolute atomic E-state index is 0.0980. The molecule has 0 saturated heterocycles. The number of hydrogen-bond acceptors (Lipinski definition) is 7. The molecule has 1 N–H and O–H groups in total. The van der Waals surface area contributed by atoms with Gasteiger partial charge in [-0.15, -0.1) is 6.58 Å². The Morgan fingerprint density at radius 1 is 1.00 bits per heavy atom. The smallest absolute Gasteiger partial charge is 0.278 e. The third kappa shape index (κ3) is 3.68. The number of rotatable bonds is 7. The summed E-state index contributed by atoms with van der Waals surface area (Å²) in [6, 6.07) is 10.3. The molecule has 4 rings (SSSR count). The van der Waals surface area contributed by atoms with E-state index in [9.17, 15) is 9.59 Å².